The zero-order chi connectivity index (χ0) is 19.2. The van der Waals surface area contributed by atoms with Gasteiger partial charge >= 0.3 is 158 Å². The van der Waals surface area contributed by atoms with Crippen LogP contribution in [0.4, 0.5) is 26.3 Å². The molecule has 0 bridgehead atoms. The van der Waals surface area contributed by atoms with Gasteiger partial charge in [-0.1, -0.05) is 0 Å². The van der Waals surface area contributed by atoms with Gasteiger partial charge in [0, 0.05) is 0 Å². The molecule has 0 aliphatic carbocycles. The molecule has 26 heavy (non-hydrogen) atoms. The molecule has 2 aromatic carbocycles. The predicted molar refractivity (Wildman–Crippen MR) is 94.3 cm³/mol. The van der Waals surface area contributed by atoms with E-state index < -0.39 is 43.8 Å². The summed E-state index contributed by atoms with van der Waals surface area (Å²) in [5.41, 5.74) is -4.74. The fourth-order valence-corrected chi connectivity index (χ4v) is 7.83. The summed E-state index contributed by atoms with van der Waals surface area (Å²) in [6.07, 6.45) is -11.3. The van der Waals surface area contributed by atoms with Crippen LogP contribution in [0.15, 0.2) is 58.7 Å². The van der Waals surface area contributed by atoms with Crippen molar-refractivity contribution in [1.82, 2.24) is 0 Å². The summed E-state index contributed by atoms with van der Waals surface area (Å²) in [4.78, 5) is 0. The number of hydrogen-bond acceptors (Lipinski definition) is 1. The van der Waals surface area contributed by atoms with Gasteiger partial charge in [0.1, 0.15) is 0 Å². The summed E-state index contributed by atoms with van der Waals surface area (Å²) in [6.45, 7) is 0. The number of hydrogen-bond donors (Lipinski definition) is 0. The van der Waals surface area contributed by atoms with Crippen LogP contribution in [0.1, 0.15) is 11.1 Å². The van der Waals surface area contributed by atoms with E-state index in [0.717, 1.165) is 12.1 Å². The van der Waals surface area contributed by atoms with Crippen LogP contribution in [0.2, 0.25) is 0 Å². The van der Waals surface area contributed by atoms with Crippen molar-refractivity contribution in [2.45, 2.75) is 18.0 Å². The summed E-state index contributed by atoms with van der Waals surface area (Å²) in [6, 6.07) is 12.8. The second-order valence-corrected chi connectivity index (χ2v) is 9.54. The van der Waals surface area contributed by atoms with Crippen molar-refractivity contribution < 1.29 is 29.4 Å². The Bertz CT molecular complexity index is 817. The minimum atomic E-state index is -5.65. The molecule has 0 radical (unpaired) electrons. The Kier molecular flexibility index (Phi) is 5.04. The fourth-order valence-electron chi connectivity index (χ4n) is 2.50. The molecular weight excluding hydrogens is 497 g/mol. The summed E-state index contributed by atoms with van der Waals surface area (Å²) in [5, 5.41) is 0.0609. The number of rotatable bonds is 2. The van der Waals surface area contributed by atoms with Crippen LogP contribution >= 0.6 is 31.8 Å². The Morgan fingerprint density at radius 2 is 1.42 bits per heavy atom. The first kappa shape index (κ1) is 19.5. The van der Waals surface area contributed by atoms with E-state index in [1.54, 1.807) is 30.3 Å². The zero-order valence-corrected chi connectivity index (χ0v) is 15.6. The Morgan fingerprint density at radius 1 is 0.885 bits per heavy atom. The van der Waals surface area contributed by atoms with Gasteiger partial charge in [-0.2, -0.15) is 0 Å². The molecule has 0 N–H and O–H groups in total. The van der Waals surface area contributed by atoms with Crippen LogP contribution in [0, 0.1) is 3.57 Å². The van der Waals surface area contributed by atoms with Gasteiger partial charge in [0.25, 0.3) is 0 Å². The van der Waals surface area contributed by atoms with Crippen LogP contribution in [0.3, 0.4) is 0 Å². The second-order valence-electron chi connectivity index (χ2n) is 5.33. The molecule has 2 aromatic rings. The molecule has 0 fully saturated rings. The third-order valence-electron chi connectivity index (χ3n) is 3.70. The monoisotopic (exact) mass is 506 g/mol. The number of fused-ring (bicyclic) bond motifs is 1. The van der Waals surface area contributed by atoms with E-state index in [1.165, 1.54) is 16.2 Å². The third kappa shape index (κ3) is 3.11. The van der Waals surface area contributed by atoms with E-state index in [0.29, 0.717) is 5.56 Å². The molecule has 1 heterocycles. The Balaban J connectivity index is 2.15. The van der Waals surface area contributed by atoms with Crippen molar-refractivity contribution in [2.75, 3.05) is 0 Å². The number of alkyl halides is 6. The number of halogens is 8. The molecule has 0 amide bonds. The van der Waals surface area contributed by atoms with E-state index in [1.807, 2.05) is 0 Å². The summed E-state index contributed by atoms with van der Waals surface area (Å²) in [7, 11) is 0. The quantitative estimate of drug-likeness (QED) is 0.319. The van der Waals surface area contributed by atoms with Gasteiger partial charge in [0.2, 0.25) is 0 Å². The van der Waals surface area contributed by atoms with Crippen molar-refractivity contribution >= 4 is 36.9 Å². The molecular formula is C17H10ClF6IO. The summed E-state index contributed by atoms with van der Waals surface area (Å²) < 4.78 is 87.2. The average molecular weight is 507 g/mol. The van der Waals surface area contributed by atoms with Crippen LogP contribution in [-0.2, 0) is 8.67 Å². The molecule has 0 unspecified atom stereocenters. The third-order valence-corrected chi connectivity index (χ3v) is 8.80. The molecule has 3 rings (SSSR count). The summed E-state index contributed by atoms with van der Waals surface area (Å²) >= 11 is 2.65. The summed E-state index contributed by atoms with van der Waals surface area (Å²) in [5.74, 6) is 0. The van der Waals surface area contributed by atoms with E-state index in [-0.39, 0.29) is 8.60 Å². The topological polar surface area (TPSA) is 9.23 Å². The molecule has 0 saturated carbocycles. The van der Waals surface area contributed by atoms with E-state index in [4.69, 9.17) is 14.7 Å². The van der Waals surface area contributed by atoms with Gasteiger partial charge in [-0.25, -0.2) is 0 Å². The van der Waals surface area contributed by atoms with Crippen molar-refractivity contribution in [3.05, 3.63) is 73.4 Å². The van der Waals surface area contributed by atoms with Crippen molar-refractivity contribution in [3.8, 4) is 0 Å². The first-order valence-corrected chi connectivity index (χ1v) is 10.7. The molecule has 0 aromatic heterocycles. The van der Waals surface area contributed by atoms with Gasteiger partial charge in [0.15, 0.2) is 0 Å². The Morgan fingerprint density at radius 3 is 2.00 bits per heavy atom. The molecule has 1 nitrogen and oxygen atoms in total. The molecule has 1 aliphatic rings. The van der Waals surface area contributed by atoms with Crippen LogP contribution in [-0.4, -0.2) is 12.4 Å². The number of benzene rings is 2. The normalized spacial score (nSPS) is 18.7. The van der Waals surface area contributed by atoms with E-state index in [9.17, 15) is 26.3 Å². The van der Waals surface area contributed by atoms with Crippen molar-refractivity contribution in [2.24, 2.45) is 0 Å². The first-order chi connectivity index (χ1) is 12.1. The molecule has 0 atom stereocenters. The standard InChI is InChI=1S/C17H10ClF6IO/c18-13(11-6-2-1-3-7-11)10-25-14-9-5-4-8-12(14)15(26-25,16(19,20)21)17(22,23)24/h1-10H/b13-10-. The van der Waals surface area contributed by atoms with Crippen molar-refractivity contribution in [1.29, 1.82) is 0 Å². The first-order valence-electron chi connectivity index (χ1n) is 7.12. The average Bonchev–Trinajstić information content (AvgIpc) is 2.91. The van der Waals surface area contributed by atoms with E-state index in [2.05, 4.69) is 0 Å². The maximum absolute atomic E-state index is 13.6. The Labute approximate surface area is 157 Å². The fraction of sp³-hybridized carbons (Fsp3) is 0.176. The molecule has 0 saturated heterocycles. The molecule has 1 aliphatic heterocycles. The van der Waals surface area contributed by atoms with E-state index >= 15 is 0 Å². The van der Waals surface area contributed by atoms with Crippen LogP contribution in [0.25, 0.3) is 5.03 Å². The van der Waals surface area contributed by atoms with Gasteiger partial charge in [-0.15, -0.1) is 0 Å². The van der Waals surface area contributed by atoms with Gasteiger partial charge in [0.05, 0.1) is 0 Å². The van der Waals surface area contributed by atoms with Crippen LogP contribution < -0.4 is 0 Å². The Hall–Kier alpha value is -1.26. The SMILES string of the molecule is FC(F)(F)C1(C(F)(F)F)OI(/C=C(\Cl)c2ccccc2)c2ccccc21. The van der Waals surface area contributed by atoms with Gasteiger partial charge < -0.3 is 0 Å². The molecule has 0 spiro atoms. The zero-order valence-electron chi connectivity index (χ0n) is 12.7. The van der Waals surface area contributed by atoms with Crippen molar-refractivity contribution in [3.63, 3.8) is 0 Å². The predicted octanol–water partition coefficient (Wildman–Crippen LogP) is 6.87. The maximum atomic E-state index is 13.6. The minimum absolute atomic E-state index is 0.0609. The molecule has 140 valence electrons. The van der Waals surface area contributed by atoms with Crippen LogP contribution in [0.5, 0.6) is 0 Å². The van der Waals surface area contributed by atoms with Gasteiger partial charge in [-0.3, -0.25) is 0 Å². The van der Waals surface area contributed by atoms with Gasteiger partial charge in [-0.05, 0) is 0 Å². The molecule has 9 heteroatoms. The second kappa shape index (κ2) is 6.72.